The molecule has 1 aliphatic rings. The zero-order valence-corrected chi connectivity index (χ0v) is 13.3. The van der Waals surface area contributed by atoms with Crippen molar-refractivity contribution in [2.24, 2.45) is 5.41 Å². The number of amides is 1. The number of carbonyl (C=O) groups is 1. The minimum Gasteiger partial charge on any atom is -0.398 e. The highest BCUT2D eigenvalue weighted by atomic mass is 35.5. The van der Waals surface area contributed by atoms with Crippen molar-refractivity contribution in [2.75, 3.05) is 12.3 Å². The molecule has 116 valence electrons. The van der Waals surface area contributed by atoms with Crippen LogP contribution in [-0.4, -0.2) is 23.2 Å². The first-order valence-corrected chi connectivity index (χ1v) is 7.64. The second kappa shape index (κ2) is 5.85. The molecule has 1 aromatic rings. The van der Waals surface area contributed by atoms with Crippen LogP contribution in [0.4, 0.5) is 5.69 Å². The van der Waals surface area contributed by atoms with Crippen molar-refractivity contribution in [1.82, 2.24) is 5.32 Å². The van der Waals surface area contributed by atoms with Gasteiger partial charge in [-0.2, -0.15) is 0 Å². The van der Waals surface area contributed by atoms with Crippen LogP contribution in [-0.2, 0) is 0 Å². The number of nitrogen functional groups attached to an aromatic ring is 1. The van der Waals surface area contributed by atoms with E-state index in [-0.39, 0.29) is 17.9 Å². The molecule has 0 heterocycles. The van der Waals surface area contributed by atoms with Crippen LogP contribution < -0.4 is 11.1 Å². The Labute approximate surface area is 130 Å². The molecule has 1 aromatic carbocycles. The third-order valence-electron chi connectivity index (χ3n) is 4.37. The summed E-state index contributed by atoms with van der Waals surface area (Å²) in [6.45, 7) is 4.67. The van der Waals surface area contributed by atoms with Gasteiger partial charge in [0.15, 0.2) is 0 Å². The van der Waals surface area contributed by atoms with E-state index in [1.54, 1.807) is 18.2 Å². The molecule has 0 radical (unpaired) electrons. The Morgan fingerprint density at radius 3 is 2.52 bits per heavy atom. The molecule has 1 amide bonds. The Kier molecular flexibility index (Phi) is 4.49. The van der Waals surface area contributed by atoms with Gasteiger partial charge in [-0.1, -0.05) is 25.4 Å². The van der Waals surface area contributed by atoms with E-state index in [0.717, 1.165) is 12.8 Å². The number of carbonyl (C=O) groups excluding carboxylic acids is 1. The molecule has 0 bridgehead atoms. The van der Waals surface area contributed by atoms with E-state index in [1.807, 2.05) is 0 Å². The molecule has 2 rings (SSSR count). The number of rotatable bonds is 3. The molecule has 0 aromatic heterocycles. The van der Waals surface area contributed by atoms with E-state index < -0.39 is 5.60 Å². The summed E-state index contributed by atoms with van der Waals surface area (Å²) in [6, 6.07) is 4.78. The molecular weight excluding hydrogens is 288 g/mol. The minimum atomic E-state index is -0.813. The molecule has 4 N–H and O–H groups in total. The van der Waals surface area contributed by atoms with Gasteiger partial charge in [0, 0.05) is 17.3 Å². The summed E-state index contributed by atoms with van der Waals surface area (Å²) in [7, 11) is 0. The monoisotopic (exact) mass is 310 g/mol. The number of nitrogens with two attached hydrogens (primary N) is 1. The molecule has 0 saturated heterocycles. The molecule has 0 unspecified atom stereocenters. The van der Waals surface area contributed by atoms with Crippen LogP contribution in [0.25, 0.3) is 0 Å². The second-order valence-corrected chi connectivity index (χ2v) is 7.24. The second-order valence-electron chi connectivity index (χ2n) is 6.80. The van der Waals surface area contributed by atoms with Gasteiger partial charge in [-0.25, -0.2) is 0 Å². The predicted molar refractivity (Wildman–Crippen MR) is 85.4 cm³/mol. The fourth-order valence-electron chi connectivity index (χ4n) is 2.65. The lowest BCUT2D eigenvalue weighted by molar-refractivity contribution is -0.0233. The van der Waals surface area contributed by atoms with Crippen LogP contribution in [0.2, 0.25) is 5.02 Å². The fraction of sp³-hybridized carbons (Fsp3) is 0.562. The number of benzene rings is 1. The van der Waals surface area contributed by atoms with Crippen LogP contribution in [0.1, 0.15) is 49.9 Å². The van der Waals surface area contributed by atoms with Crippen LogP contribution in [0.3, 0.4) is 0 Å². The largest absolute Gasteiger partial charge is 0.398 e. The van der Waals surface area contributed by atoms with Gasteiger partial charge in [-0.15, -0.1) is 0 Å². The standard InChI is InChI=1S/C16H23ClN2O2/c1-15(2)5-7-16(21,8-6-15)10-19-14(20)12-4-3-11(17)9-13(12)18/h3-4,9,21H,5-8,10,18H2,1-2H3,(H,19,20). The van der Waals surface area contributed by atoms with Gasteiger partial charge in [-0.3, -0.25) is 4.79 Å². The highest BCUT2D eigenvalue weighted by Crippen LogP contribution is 2.39. The van der Waals surface area contributed by atoms with Gasteiger partial charge in [-0.05, 0) is 49.3 Å². The Bertz CT molecular complexity index is 533. The normalized spacial score (nSPS) is 20.0. The zero-order chi connectivity index (χ0) is 15.7. The molecule has 0 spiro atoms. The van der Waals surface area contributed by atoms with E-state index in [4.69, 9.17) is 17.3 Å². The van der Waals surface area contributed by atoms with Crippen LogP contribution in [0.5, 0.6) is 0 Å². The van der Waals surface area contributed by atoms with Crippen molar-refractivity contribution in [2.45, 2.75) is 45.1 Å². The molecule has 21 heavy (non-hydrogen) atoms. The lowest BCUT2D eigenvalue weighted by atomic mass is 9.71. The van der Waals surface area contributed by atoms with Crippen LogP contribution >= 0.6 is 11.6 Å². The topological polar surface area (TPSA) is 75.3 Å². The molecule has 4 nitrogen and oxygen atoms in total. The van der Waals surface area contributed by atoms with Crippen molar-refractivity contribution < 1.29 is 9.90 Å². The van der Waals surface area contributed by atoms with Crippen molar-refractivity contribution in [1.29, 1.82) is 0 Å². The van der Waals surface area contributed by atoms with Crippen molar-refractivity contribution in [3.63, 3.8) is 0 Å². The van der Waals surface area contributed by atoms with Gasteiger partial charge in [0.2, 0.25) is 0 Å². The molecular formula is C16H23ClN2O2. The third kappa shape index (κ3) is 4.11. The minimum absolute atomic E-state index is 0.254. The highest BCUT2D eigenvalue weighted by molar-refractivity contribution is 6.31. The predicted octanol–water partition coefficient (Wildman–Crippen LogP) is 2.98. The number of hydrogen-bond acceptors (Lipinski definition) is 3. The lowest BCUT2D eigenvalue weighted by Crippen LogP contribution is -2.46. The van der Waals surface area contributed by atoms with E-state index in [9.17, 15) is 9.90 Å². The average molecular weight is 311 g/mol. The van der Waals surface area contributed by atoms with E-state index >= 15 is 0 Å². The summed E-state index contributed by atoms with van der Waals surface area (Å²) >= 11 is 5.82. The first kappa shape index (κ1) is 16.1. The van der Waals surface area contributed by atoms with E-state index in [1.165, 1.54) is 0 Å². The maximum atomic E-state index is 12.1. The summed E-state index contributed by atoms with van der Waals surface area (Å²) in [5.74, 6) is -0.276. The van der Waals surface area contributed by atoms with Crippen LogP contribution in [0.15, 0.2) is 18.2 Å². The Morgan fingerprint density at radius 1 is 1.33 bits per heavy atom. The first-order chi connectivity index (χ1) is 9.71. The fourth-order valence-corrected chi connectivity index (χ4v) is 2.83. The SMILES string of the molecule is CC1(C)CCC(O)(CNC(=O)c2ccc(Cl)cc2N)CC1. The molecule has 0 aliphatic heterocycles. The number of hydrogen-bond donors (Lipinski definition) is 3. The van der Waals surface area contributed by atoms with Crippen molar-refractivity contribution in [3.8, 4) is 0 Å². The number of halogens is 1. The molecule has 1 aliphatic carbocycles. The van der Waals surface area contributed by atoms with Crippen LogP contribution in [0, 0.1) is 5.41 Å². The van der Waals surface area contributed by atoms with Gasteiger partial charge in [0.05, 0.1) is 11.2 Å². The molecule has 0 atom stereocenters. The maximum absolute atomic E-state index is 12.1. The summed E-state index contributed by atoms with van der Waals surface area (Å²) in [4.78, 5) is 12.1. The van der Waals surface area contributed by atoms with Gasteiger partial charge < -0.3 is 16.2 Å². The maximum Gasteiger partial charge on any atom is 0.253 e. The Balaban J connectivity index is 1.95. The Morgan fingerprint density at radius 2 is 1.95 bits per heavy atom. The molecule has 5 heteroatoms. The summed E-state index contributed by atoms with van der Waals surface area (Å²) < 4.78 is 0. The number of nitrogens with one attached hydrogen (secondary N) is 1. The average Bonchev–Trinajstić information content (AvgIpc) is 2.40. The van der Waals surface area contributed by atoms with E-state index in [0.29, 0.717) is 29.1 Å². The lowest BCUT2D eigenvalue weighted by Gasteiger charge is -2.40. The third-order valence-corrected chi connectivity index (χ3v) is 4.61. The number of anilines is 1. The summed E-state index contributed by atoms with van der Waals surface area (Å²) in [5, 5.41) is 13.8. The van der Waals surface area contributed by atoms with Gasteiger partial charge in [0.1, 0.15) is 0 Å². The summed E-state index contributed by atoms with van der Waals surface area (Å²) in [5.41, 5.74) is 5.99. The quantitative estimate of drug-likeness (QED) is 0.751. The van der Waals surface area contributed by atoms with Gasteiger partial charge >= 0.3 is 0 Å². The molecule has 1 fully saturated rings. The zero-order valence-electron chi connectivity index (χ0n) is 12.6. The van der Waals surface area contributed by atoms with E-state index in [2.05, 4.69) is 19.2 Å². The summed E-state index contributed by atoms with van der Waals surface area (Å²) in [6.07, 6.45) is 3.33. The highest BCUT2D eigenvalue weighted by Gasteiger charge is 2.36. The van der Waals surface area contributed by atoms with Gasteiger partial charge in [0.25, 0.3) is 5.91 Å². The smallest absolute Gasteiger partial charge is 0.253 e. The van der Waals surface area contributed by atoms with Crippen molar-refractivity contribution >= 4 is 23.2 Å². The Hall–Kier alpha value is -1.26. The molecule has 1 saturated carbocycles. The number of aliphatic hydroxyl groups is 1. The van der Waals surface area contributed by atoms with Crippen molar-refractivity contribution in [3.05, 3.63) is 28.8 Å². The first-order valence-electron chi connectivity index (χ1n) is 7.26.